The first kappa shape index (κ1) is 23.8. The van der Waals surface area contributed by atoms with Crippen LogP contribution in [0.4, 0.5) is 5.69 Å². The Bertz CT molecular complexity index is 1040. The van der Waals surface area contributed by atoms with Crippen LogP contribution in [0.25, 0.3) is 0 Å². The number of hydrogen-bond acceptors (Lipinski definition) is 6. The van der Waals surface area contributed by atoms with E-state index in [0.717, 1.165) is 5.69 Å². The minimum absolute atomic E-state index is 0.0638. The SMILES string of the molecule is COCCN1C(=O)CC(CC(=O)N2CCN(c3ccccc3)CC2)(c2ccccc2OC)C1=O. The van der Waals surface area contributed by atoms with Gasteiger partial charge in [-0.2, -0.15) is 0 Å². The van der Waals surface area contributed by atoms with Gasteiger partial charge in [0.05, 0.1) is 25.7 Å². The van der Waals surface area contributed by atoms with Gasteiger partial charge >= 0.3 is 0 Å². The molecule has 0 bridgehead atoms. The van der Waals surface area contributed by atoms with Crippen LogP contribution >= 0.6 is 0 Å². The van der Waals surface area contributed by atoms with Gasteiger partial charge in [0.1, 0.15) is 5.75 Å². The molecule has 2 aliphatic rings. The highest BCUT2D eigenvalue weighted by atomic mass is 16.5. The molecule has 1 unspecified atom stereocenters. The molecule has 4 rings (SSSR count). The van der Waals surface area contributed by atoms with Gasteiger partial charge in [-0.15, -0.1) is 0 Å². The second-order valence-corrected chi connectivity index (χ2v) is 8.68. The Balaban J connectivity index is 1.57. The molecule has 0 spiro atoms. The van der Waals surface area contributed by atoms with Crippen LogP contribution in [0.15, 0.2) is 54.6 Å². The summed E-state index contributed by atoms with van der Waals surface area (Å²) in [5.74, 6) is -0.294. The van der Waals surface area contributed by atoms with Crippen molar-refractivity contribution < 1.29 is 23.9 Å². The van der Waals surface area contributed by atoms with E-state index in [4.69, 9.17) is 9.47 Å². The van der Waals surface area contributed by atoms with Gasteiger partial charge < -0.3 is 19.3 Å². The fourth-order valence-electron chi connectivity index (χ4n) is 4.92. The second-order valence-electron chi connectivity index (χ2n) is 8.68. The third kappa shape index (κ3) is 4.50. The number of methoxy groups -OCH3 is 2. The molecule has 2 fully saturated rings. The van der Waals surface area contributed by atoms with Crippen LogP contribution < -0.4 is 9.64 Å². The molecule has 2 aromatic carbocycles. The van der Waals surface area contributed by atoms with Gasteiger partial charge in [-0.25, -0.2) is 0 Å². The Kier molecular flexibility index (Phi) is 7.17. The van der Waals surface area contributed by atoms with Crippen molar-refractivity contribution >= 4 is 23.4 Å². The van der Waals surface area contributed by atoms with Crippen molar-refractivity contribution in [2.75, 3.05) is 58.5 Å². The number of carbonyl (C=O) groups excluding carboxylic acids is 3. The summed E-state index contributed by atoms with van der Waals surface area (Å²) in [6.07, 6.45) is -0.140. The van der Waals surface area contributed by atoms with E-state index in [1.807, 2.05) is 24.3 Å². The van der Waals surface area contributed by atoms with Crippen molar-refractivity contribution in [1.82, 2.24) is 9.80 Å². The Labute approximate surface area is 200 Å². The Hall–Kier alpha value is -3.39. The lowest BCUT2D eigenvalue weighted by Gasteiger charge is -2.38. The van der Waals surface area contributed by atoms with Crippen LogP contribution in [0.5, 0.6) is 5.75 Å². The third-order valence-corrected chi connectivity index (χ3v) is 6.76. The number of benzene rings is 2. The molecule has 8 nitrogen and oxygen atoms in total. The number of amides is 3. The van der Waals surface area contributed by atoms with E-state index >= 15 is 0 Å². The predicted octanol–water partition coefficient (Wildman–Crippen LogP) is 2.08. The average Bonchev–Trinajstić information content (AvgIpc) is 3.12. The van der Waals surface area contributed by atoms with Gasteiger partial charge in [0.2, 0.25) is 17.7 Å². The topological polar surface area (TPSA) is 79.4 Å². The zero-order chi connectivity index (χ0) is 24.1. The van der Waals surface area contributed by atoms with Crippen LogP contribution in [0.3, 0.4) is 0 Å². The van der Waals surface area contributed by atoms with Crippen molar-refractivity contribution in [2.45, 2.75) is 18.3 Å². The number of para-hydroxylation sites is 2. The van der Waals surface area contributed by atoms with E-state index in [1.54, 1.807) is 23.1 Å². The molecule has 0 aliphatic carbocycles. The maximum Gasteiger partial charge on any atom is 0.241 e. The lowest BCUT2D eigenvalue weighted by atomic mass is 9.75. The number of imide groups is 1. The number of ether oxygens (including phenoxy) is 2. The number of anilines is 1. The van der Waals surface area contributed by atoms with Gasteiger partial charge in [0.25, 0.3) is 0 Å². The molecule has 0 aromatic heterocycles. The zero-order valence-electron chi connectivity index (χ0n) is 19.7. The smallest absolute Gasteiger partial charge is 0.241 e. The minimum Gasteiger partial charge on any atom is -0.496 e. The Morgan fingerprint density at radius 2 is 1.62 bits per heavy atom. The van der Waals surface area contributed by atoms with Gasteiger partial charge in [-0.05, 0) is 18.2 Å². The second kappa shape index (κ2) is 10.3. The maximum absolute atomic E-state index is 13.7. The highest BCUT2D eigenvalue weighted by Crippen LogP contribution is 2.44. The maximum atomic E-state index is 13.7. The van der Waals surface area contributed by atoms with Crippen LogP contribution in [0.1, 0.15) is 18.4 Å². The van der Waals surface area contributed by atoms with E-state index in [2.05, 4.69) is 17.0 Å². The predicted molar refractivity (Wildman–Crippen MR) is 128 cm³/mol. The summed E-state index contributed by atoms with van der Waals surface area (Å²) in [5.41, 5.74) is 0.419. The summed E-state index contributed by atoms with van der Waals surface area (Å²) in [4.78, 5) is 45.4. The largest absolute Gasteiger partial charge is 0.496 e. The number of hydrogen-bond donors (Lipinski definition) is 0. The molecule has 2 heterocycles. The lowest BCUT2D eigenvalue weighted by molar-refractivity contribution is -0.143. The van der Waals surface area contributed by atoms with Crippen molar-refractivity contribution in [3.05, 3.63) is 60.2 Å². The highest BCUT2D eigenvalue weighted by molar-refractivity contribution is 6.11. The summed E-state index contributed by atoms with van der Waals surface area (Å²) in [6, 6.07) is 17.3. The normalized spacial score (nSPS) is 20.7. The van der Waals surface area contributed by atoms with E-state index in [9.17, 15) is 14.4 Å². The number of piperazine rings is 1. The molecule has 0 radical (unpaired) electrons. The molecule has 0 N–H and O–H groups in total. The Morgan fingerprint density at radius 3 is 2.29 bits per heavy atom. The number of nitrogens with zero attached hydrogens (tertiary/aromatic N) is 3. The van der Waals surface area contributed by atoms with Crippen LogP contribution in [-0.2, 0) is 24.5 Å². The first-order valence-corrected chi connectivity index (χ1v) is 11.5. The van der Waals surface area contributed by atoms with Crippen LogP contribution in [0, 0.1) is 0 Å². The summed E-state index contributed by atoms with van der Waals surface area (Å²) >= 11 is 0. The average molecular weight is 466 g/mol. The van der Waals surface area contributed by atoms with Crippen molar-refractivity contribution in [2.24, 2.45) is 0 Å². The minimum atomic E-state index is -1.29. The van der Waals surface area contributed by atoms with Gasteiger partial charge in [0, 0.05) is 57.4 Å². The van der Waals surface area contributed by atoms with Crippen molar-refractivity contribution in [1.29, 1.82) is 0 Å². The van der Waals surface area contributed by atoms with Crippen LogP contribution in [0.2, 0.25) is 0 Å². The fourth-order valence-corrected chi connectivity index (χ4v) is 4.92. The molecule has 2 aliphatic heterocycles. The standard InChI is InChI=1S/C26H31N3O5/c1-33-17-16-29-24(31)19-26(25(29)32,21-10-6-7-11-22(21)34-2)18-23(30)28-14-12-27(13-15-28)20-8-4-3-5-9-20/h3-11H,12-19H2,1-2H3. The van der Waals surface area contributed by atoms with E-state index in [0.29, 0.717) is 37.5 Å². The van der Waals surface area contributed by atoms with Crippen molar-refractivity contribution in [3.8, 4) is 5.75 Å². The van der Waals surface area contributed by atoms with Gasteiger partial charge in [-0.1, -0.05) is 36.4 Å². The molecule has 3 amide bonds. The zero-order valence-corrected chi connectivity index (χ0v) is 19.7. The highest BCUT2D eigenvalue weighted by Gasteiger charge is 2.55. The molecular weight excluding hydrogens is 434 g/mol. The molecule has 1 atom stereocenters. The Morgan fingerprint density at radius 1 is 0.941 bits per heavy atom. The summed E-state index contributed by atoms with van der Waals surface area (Å²) in [6.45, 7) is 2.95. The molecule has 180 valence electrons. The molecule has 2 saturated heterocycles. The lowest BCUT2D eigenvalue weighted by Crippen LogP contribution is -2.51. The molecule has 0 saturated carbocycles. The summed E-state index contributed by atoms with van der Waals surface area (Å²) in [7, 11) is 3.05. The number of likely N-dealkylation sites (tertiary alicyclic amines) is 1. The number of carbonyl (C=O) groups is 3. The first-order chi connectivity index (χ1) is 16.5. The molecule has 8 heteroatoms. The van der Waals surface area contributed by atoms with E-state index < -0.39 is 5.41 Å². The van der Waals surface area contributed by atoms with Crippen molar-refractivity contribution in [3.63, 3.8) is 0 Å². The summed E-state index contributed by atoms with van der Waals surface area (Å²) < 4.78 is 10.6. The van der Waals surface area contributed by atoms with Gasteiger partial charge in [-0.3, -0.25) is 19.3 Å². The molecular formula is C26H31N3O5. The monoisotopic (exact) mass is 465 g/mol. The molecule has 34 heavy (non-hydrogen) atoms. The van der Waals surface area contributed by atoms with E-state index in [-0.39, 0.29) is 43.7 Å². The first-order valence-electron chi connectivity index (χ1n) is 11.5. The molecule has 2 aromatic rings. The quantitative estimate of drug-likeness (QED) is 0.556. The fraction of sp³-hybridized carbons (Fsp3) is 0.423. The van der Waals surface area contributed by atoms with Gasteiger partial charge in [0.15, 0.2) is 0 Å². The number of rotatable bonds is 8. The summed E-state index contributed by atoms with van der Waals surface area (Å²) in [5, 5.41) is 0. The van der Waals surface area contributed by atoms with Crippen LogP contribution in [-0.4, -0.2) is 81.1 Å². The third-order valence-electron chi connectivity index (χ3n) is 6.76. The van der Waals surface area contributed by atoms with E-state index in [1.165, 1.54) is 19.1 Å².